The second-order valence-electron chi connectivity index (χ2n) is 3.45. The Morgan fingerprint density at radius 3 is 1.89 bits per heavy atom. The van der Waals surface area contributed by atoms with Crippen molar-refractivity contribution >= 4 is 5.69 Å². The van der Waals surface area contributed by atoms with E-state index in [0.29, 0.717) is 0 Å². The molecule has 0 heterocycles. The molecule has 0 fully saturated rings. The van der Waals surface area contributed by atoms with E-state index in [2.05, 4.69) is 9.47 Å². The Hall–Kier alpha value is -1.80. The number of hydrogen-bond acceptors (Lipinski definition) is 3. The van der Waals surface area contributed by atoms with Crippen molar-refractivity contribution in [3.8, 4) is 11.5 Å². The van der Waals surface area contributed by atoms with Gasteiger partial charge in [0.1, 0.15) is 17.2 Å². The molecule has 1 aromatic carbocycles. The third-order valence-corrected chi connectivity index (χ3v) is 2.09. The van der Waals surface area contributed by atoms with E-state index in [0.717, 1.165) is 12.1 Å². The molecule has 0 atom stereocenters. The number of rotatable bonds is 3. The lowest BCUT2D eigenvalue weighted by molar-refractivity contribution is -0.299. The molecule has 0 aromatic heterocycles. The van der Waals surface area contributed by atoms with Gasteiger partial charge < -0.3 is 15.2 Å². The summed E-state index contributed by atoms with van der Waals surface area (Å²) in [6.45, 7) is 0. The minimum atomic E-state index is -5.60. The number of methoxy groups -OCH3 is 1. The fourth-order valence-electron chi connectivity index (χ4n) is 1.25. The summed E-state index contributed by atoms with van der Waals surface area (Å²) in [6.07, 6.45) is -15.2. The fraction of sp³-hybridized carbons (Fsp3) is 0.400. The molecule has 0 spiro atoms. The van der Waals surface area contributed by atoms with Crippen LogP contribution in [0.25, 0.3) is 0 Å². The average molecular weight is 289 g/mol. The molecule has 1 aromatic rings. The minimum Gasteiger partial charge on any atom is -0.494 e. The summed E-state index contributed by atoms with van der Waals surface area (Å²) in [7, 11) is 1.17. The summed E-state index contributed by atoms with van der Waals surface area (Å²) in [4.78, 5) is 0. The quantitative estimate of drug-likeness (QED) is 0.686. The van der Waals surface area contributed by atoms with Crippen LogP contribution in [0.15, 0.2) is 18.2 Å². The Morgan fingerprint density at radius 2 is 1.47 bits per heavy atom. The highest BCUT2D eigenvalue weighted by Gasteiger charge is 2.59. The molecule has 0 saturated carbocycles. The number of benzene rings is 1. The zero-order valence-corrected chi connectivity index (χ0v) is 9.47. The summed E-state index contributed by atoms with van der Waals surface area (Å²) in [5, 5.41) is 0. The number of alkyl halides is 6. The van der Waals surface area contributed by atoms with Crippen molar-refractivity contribution in [3.05, 3.63) is 18.2 Å². The average Bonchev–Trinajstić information content (AvgIpc) is 2.24. The molecule has 0 bridgehead atoms. The van der Waals surface area contributed by atoms with Gasteiger partial charge >= 0.3 is 12.4 Å². The van der Waals surface area contributed by atoms with Gasteiger partial charge in [-0.3, -0.25) is 0 Å². The van der Waals surface area contributed by atoms with Crippen LogP contribution in [0.1, 0.15) is 0 Å². The molecule has 0 aliphatic heterocycles. The predicted molar refractivity (Wildman–Crippen MR) is 53.9 cm³/mol. The first-order valence-corrected chi connectivity index (χ1v) is 4.80. The van der Waals surface area contributed by atoms with Crippen LogP contribution in [0.3, 0.4) is 0 Å². The SMILES string of the molecule is COc1cccc(OC(C(F)(F)F)C(F)(F)F)c1N. The lowest BCUT2D eigenvalue weighted by atomic mass is 10.2. The van der Waals surface area contributed by atoms with Gasteiger partial charge in [0.2, 0.25) is 0 Å². The smallest absolute Gasteiger partial charge is 0.434 e. The van der Waals surface area contributed by atoms with Crippen molar-refractivity contribution in [2.45, 2.75) is 18.5 Å². The molecule has 0 radical (unpaired) electrons. The third kappa shape index (κ3) is 3.58. The van der Waals surface area contributed by atoms with Crippen LogP contribution in [-0.4, -0.2) is 25.6 Å². The molecule has 108 valence electrons. The van der Waals surface area contributed by atoms with Crippen molar-refractivity contribution in [2.24, 2.45) is 0 Å². The number of para-hydroxylation sites is 1. The van der Waals surface area contributed by atoms with Gasteiger partial charge in [-0.2, -0.15) is 26.3 Å². The minimum absolute atomic E-state index is 0.0828. The first-order chi connectivity index (χ1) is 8.57. The molecule has 2 N–H and O–H groups in total. The first kappa shape index (κ1) is 15.3. The molecule has 9 heteroatoms. The molecule has 0 amide bonds. The highest BCUT2D eigenvalue weighted by molar-refractivity contribution is 5.62. The van der Waals surface area contributed by atoms with Crippen molar-refractivity contribution in [1.29, 1.82) is 0 Å². The van der Waals surface area contributed by atoms with Crippen LogP contribution in [-0.2, 0) is 0 Å². The van der Waals surface area contributed by atoms with E-state index >= 15 is 0 Å². The maximum absolute atomic E-state index is 12.3. The maximum atomic E-state index is 12.3. The zero-order chi connectivity index (χ0) is 14.8. The topological polar surface area (TPSA) is 44.5 Å². The van der Waals surface area contributed by atoms with Crippen molar-refractivity contribution < 1.29 is 35.8 Å². The summed E-state index contributed by atoms with van der Waals surface area (Å²) < 4.78 is 82.4. The third-order valence-electron chi connectivity index (χ3n) is 2.09. The highest BCUT2D eigenvalue weighted by atomic mass is 19.4. The van der Waals surface area contributed by atoms with E-state index in [-0.39, 0.29) is 5.75 Å². The summed E-state index contributed by atoms with van der Waals surface area (Å²) in [5.74, 6) is -0.834. The summed E-state index contributed by atoms with van der Waals surface area (Å²) in [5.41, 5.74) is 4.90. The normalized spacial score (nSPS) is 12.6. The van der Waals surface area contributed by atoms with Gasteiger partial charge in [-0.25, -0.2) is 0 Å². The molecule has 0 aliphatic carbocycles. The van der Waals surface area contributed by atoms with E-state index in [9.17, 15) is 26.3 Å². The van der Waals surface area contributed by atoms with Gasteiger partial charge in [0, 0.05) is 0 Å². The molecule has 0 saturated heterocycles. The Balaban J connectivity index is 3.11. The van der Waals surface area contributed by atoms with Crippen LogP contribution >= 0.6 is 0 Å². The molecule has 0 aliphatic rings. The van der Waals surface area contributed by atoms with Gasteiger partial charge in [0.25, 0.3) is 6.10 Å². The van der Waals surface area contributed by atoms with Gasteiger partial charge in [-0.1, -0.05) is 6.07 Å². The number of nitrogens with two attached hydrogens (primary N) is 1. The van der Waals surface area contributed by atoms with Gasteiger partial charge in [0.15, 0.2) is 0 Å². The lowest BCUT2D eigenvalue weighted by Crippen LogP contribution is -2.46. The van der Waals surface area contributed by atoms with E-state index < -0.39 is 29.9 Å². The standard InChI is InChI=1S/C10H9F6NO2/c1-18-5-3-2-4-6(7(5)17)19-8(9(11,12)13)10(14,15)16/h2-4,8H,17H2,1H3. The second-order valence-corrected chi connectivity index (χ2v) is 3.45. The predicted octanol–water partition coefficient (Wildman–Crippen LogP) is 3.15. The van der Waals surface area contributed by atoms with Gasteiger partial charge in [-0.15, -0.1) is 0 Å². The Bertz CT molecular complexity index is 429. The van der Waals surface area contributed by atoms with Crippen LogP contribution in [0, 0.1) is 0 Å². The molecule has 3 nitrogen and oxygen atoms in total. The van der Waals surface area contributed by atoms with E-state index in [1.54, 1.807) is 0 Å². The largest absolute Gasteiger partial charge is 0.494 e. The number of ether oxygens (including phenoxy) is 2. The van der Waals surface area contributed by atoms with E-state index in [4.69, 9.17) is 5.73 Å². The zero-order valence-electron chi connectivity index (χ0n) is 9.47. The number of hydrogen-bond donors (Lipinski definition) is 1. The van der Waals surface area contributed by atoms with Crippen molar-refractivity contribution in [3.63, 3.8) is 0 Å². The van der Waals surface area contributed by atoms with Crippen molar-refractivity contribution in [1.82, 2.24) is 0 Å². The summed E-state index contributed by atoms with van der Waals surface area (Å²) >= 11 is 0. The van der Waals surface area contributed by atoms with E-state index in [1.807, 2.05) is 0 Å². The van der Waals surface area contributed by atoms with Crippen LogP contribution in [0.4, 0.5) is 32.0 Å². The molecule has 0 unspecified atom stereocenters. The van der Waals surface area contributed by atoms with Crippen LogP contribution in [0.2, 0.25) is 0 Å². The van der Waals surface area contributed by atoms with Crippen LogP contribution < -0.4 is 15.2 Å². The number of halogens is 6. The van der Waals surface area contributed by atoms with Gasteiger partial charge in [0.05, 0.1) is 7.11 Å². The first-order valence-electron chi connectivity index (χ1n) is 4.80. The summed E-state index contributed by atoms with van der Waals surface area (Å²) in [6, 6.07) is 3.33. The molecular formula is C10H9F6NO2. The Morgan fingerprint density at radius 1 is 1.00 bits per heavy atom. The monoisotopic (exact) mass is 289 g/mol. The molecular weight excluding hydrogens is 280 g/mol. The van der Waals surface area contributed by atoms with Crippen molar-refractivity contribution in [2.75, 3.05) is 12.8 Å². The Kier molecular flexibility index (Phi) is 4.06. The second kappa shape index (κ2) is 5.06. The van der Waals surface area contributed by atoms with E-state index in [1.165, 1.54) is 13.2 Å². The lowest BCUT2D eigenvalue weighted by Gasteiger charge is -2.24. The number of anilines is 1. The fourth-order valence-corrected chi connectivity index (χ4v) is 1.25. The molecule has 19 heavy (non-hydrogen) atoms. The maximum Gasteiger partial charge on any atom is 0.434 e. The number of nitrogen functional groups attached to an aromatic ring is 1. The van der Waals surface area contributed by atoms with Crippen LogP contribution in [0.5, 0.6) is 11.5 Å². The molecule has 1 rings (SSSR count). The highest BCUT2D eigenvalue weighted by Crippen LogP contribution is 2.39. The van der Waals surface area contributed by atoms with Gasteiger partial charge in [-0.05, 0) is 12.1 Å². The Labute approximate surface area is 103 Å².